The Balaban J connectivity index is 1.37. The average Bonchev–Trinajstić information content (AvgIpc) is 3.30. The summed E-state index contributed by atoms with van der Waals surface area (Å²) in [5, 5.41) is 2.07. The zero-order chi connectivity index (χ0) is 23.3. The summed E-state index contributed by atoms with van der Waals surface area (Å²) in [5.74, 6) is 1.16. The van der Waals surface area contributed by atoms with E-state index in [2.05, 4.69) is 24.3 Å². The number of hydrogen-bond donors (Lipinski definition) is 0. The molecule has 0 bridgehead atoms. The standard InChI is InChI=1S/C29H25NO4/c1-2-32-28(31)12-7-17-33-23-14-15-24-22(18-23)10-6-11-25(24)29-30-26-19-21(13-16-27(26)34-29)20-8-4-3-5-9-20/h3-6,8-11,13-16,18-19H,2,7,12,17H2,1H3. The maximum atomic E-state index is 11.5. The largest absolute Gasteiger partial charge is 0.494 e. The van der Waals surface area contributed by atoms with Gasteiger partial charge in [-0.25, -0.2) is 4.98 Å². The van der Waals surface area contributed by atoms with E-state index in [0.717, 1.165) is 44.3 Å². The fraction of sp³-hybridized carbons (Fsp3) is 0.172. The van der Waals surface area contributed by atoms with Gasteiger partial charge in [-0.2, -0.15) is 0 Å². The van der Waals surface area contributed by atoms with Gasteiger partial charge >= 0.3 is 5.97 Å². The molecule has 0 aliphatic carbocycles. The second-order valence-electron chi connectivity index (χ2n) is 8.01. The van der Waals surface area contributed by atoms with Crippen LogP contribution in [0.3, 0.4) is 0 Å². The SMILES string of the molecule is CCOC(=O)CCCOc1ccc2c(-c3nc4cc(-c5ccccc5)ccc4o3)cccc2c1. The molecule has 34 heavy (non-hydrogen) atoms. The van der Waals surface area contributed by atoms with Gasteiger partial charge in [0.1, 0.15) is 11.3 Å². The van der Waals surface area contributed by atoms with Crippen LogP contribution in [0.2, 0.25) is 0 Å². The molecule has 0 spiro atoms. The lowest BCUT2D eigenvalue weighted by atomic mass is 10.0. The van der Waals surface area contributed by atoms with E-state index in [4.69, 9.17) is 18.9 Å². The van der Waals surface area contributed by atoms with Gasteiger partial charge in [0, 0.05) is 12.0 Å². The van der Waals surface area contributed by atoms with Gasteiger partial charge in [0.25, 0.3) is 0 Å². The molecule has 0 radical (unpaired) electrons. The highest BCUT2D eigenvalue weighted by Crippen LogP contribution is 2.33. The average molecular weight is 452 g/mol. The summed E-state index contributed by atoms with van der Waals surface area (Å²) in [5.41, 5.74) is 4.77. The van der Waals surface area contributed by atoms with E-state index in [0.29, 0.717) is 31.9 Å². The molecule has 0 aliphatic heterocycles. The number of fused-ring (bicyclic) bond motifs is 2. The molecule has 0 atom stereocenters. The maximum Gasteiger partial charge on any atom is 0.305 e. The molecule has 170 valence electrons. The molecule has 0 fully saturated rings. The zero-order valence-electron chi connectivity index (χ0n) is 19.0. The topological polar surface area (TPSA) is 61.6 Å². The molecule has 5 heteroatoms. The second-order valence-corrected chi connectivity index (χ2v) is 8.01. The van der Waals surface area contributed by atoms with E-state index in [1.54, 1.807) is 6.92 Å². The summed E-state index contributed by atoms with van der Waals surface area (Å²) in [7, 11) is 0. The highest BCUT2D eigenvalue weighted by Gasteiger charge is 2.13. The van der Waals surface area contributed by atoms with Crippen LogP contribution in [0.25, 0.3) is 44.5 Å². The molecule has 5 aromatic rings. The Bertz CT molecular complexity index is 1440. The molecule has 0 saturated heterocycles. The fourth-order valence-corrected chi connectivity index (χ4v) is 4.03. The van der Waals surface area contributed by atoms with Crippen LogP contribution in [0.1, 0.15) is 19.8 Å². The van der Waals surface area contributed by atoms with Gasteiger partial charge in [-0.3, -0.25) is 4.79 Å². The van der Waals surface area contributed by atoms with E-state index in [-0.39, 0.29) is 5.97 Å². The van der Waals surface area contributed by atoms with Crippen molar-refractivity contribution in [2.75, 3.05) is 13.2 Å². The lowest BCUT2D eigenvalue weighted by Crippen LogP contribution is -2.06. The van der Waals surface area contributed by atoms with Crippen molar-refractivity contribution >= 4 is 27.8 Å². The van der Waals surface area contributed by atoms with E-state index in [1.165, 1.54) is 0 Å². The number of oxazole rings is 1. The van der Waals surface area contributed by atoms with E-state index in [1.807, 2.05) is 60.7 Å². The van der Waals surface area contributed by atoms with Crippen molar-refractivity contribution in [3.8, 4) is 28.3 Å². The Hall–Kier alpha value is -4.12. The number of esters is 1. The van der Waals surface area contributed by atoms with Crippen LogP contribution in [-0.2, 0) is 9.53 Å². The summed E-state index contributed by atoms with van der Waals surface area (Å²) >= 11 is 0. The fourth-order valence-electron chi connectivity index (χ4n) is 4.03. The molecule has 1 heterocycles. The number of nitrogens with zero attached hydrogens (tertiary/aromatic N) is 1. The van der Waals surface area contributed by atoms with Crippen molar-refractivity contribution in [3.05, 3.63) is 84.9 Å². The number of ether oxygens (including phenoxy) is 2. The third kappa shape index (κ3) is 4.64. The van der Waals surface area contributed by atoms with E-state index >= 15 is 0 Å². The van der Waals surface area contributed by atoms with Crippen LogP contribution in [0.4, 0.5) is 0 Å². The van der Waals surface area contributed by atoms with Crippen molar-refractivity contribution < 1.29 is 18.7 Å². The third-order valence-electron chi connectivity index (χ3n) is 5.68. The first-order chi connectivity index (χ1) is 16.7. The normalized spacial score (nSPS) is 11.1. The highest BCUT2D eigenvalue weighted by molar-refractivity contribution is 5.96. The number of rotatable bonds is 8. The monoisotopic (exact) mass is 451 g/mol. The summed E-state index contributed by atoms with van der Waals surface area (Å²) in [6.45, 7) is 2.67. The summed E-state index contributed by atoms with van der Waals surface area (Å²) in [4.78, 5) is 16.3. The molecule has 0 N–H and O–H groups in total. The summed E-state index contributed by atoms with van der Waals surface area (Å²) in [6, 6.07) is 28.3. The molecular formula is C29H25NO4. The molecule has 0 unspecified atom stereocenters. The molecule has 1 aromatic heterocycles. The highest BCUT2D eigenvalue weighted by atomic mass is 16.5. The van der Waals surface area contributed by atoms with Crippen molar-refractivity contribution in [1.29, 1.82) is 0 Å². The summed E-state index contributed by atoms with van der Waals surface area (Å²) in [6.07, 6.45) is 0.972. The van der Waals surface area contributed by atoms with Crippen molar-refractivity contribution in [2.45, 2.75) is 19.8 Å². The van der Waals surface area contributed by atoms with Crippen LogP contribution in [-0.4, -0.2) is 24.2 Å². The zero-order valence-corrected chi connectivity index (χ0v) is 19.0. The smallest absolute Gasteiger partial charge is 0.305 e. The lowest BCUT2D eigenvalue weighted by molar-refractivity contribution is -0.143. The van der Waals surface area contributed by atoms with Crippen molar-refractivity contribution in [3.63, 3.8) is 0 Å². The molecule has 0 aliphatic rings. The molecule has 0 amide bonds. The van der Waals surface area contributed by atoms with Crippen molar-refractivity contribution in [1.82, 2.24) is 4.98 Å². The Morgan fingerprint density at radius 3 is 2.65 bits per heavy atom. The minimum atomic E-state index is -0.191. The van der Waals surface area contributed by atoms with Crippen LogP contribution < -0.4 is 4.74 Å². The lowest BCUT2D eigenvalue weighted by Gasteiger charge is -2.09. The van der Waals surface area contributed by atoms with Gasteiger partial charge in [-0.05, 0) is 71.6 Å². The van der Waals surface area contributed by atoms with Gasteiger partial charge in [-0.15, -0.1) is 0 Å². The number of carbonyl (C=O) groups excluding carboxylic acids is 1. The predicted molar refractivity (Wildman–Crippen MR) is 134 cm³/mol. The van der Waals surface area contributed by atoms with Crippen LogP contribution in [0, 0.1) is 0 Å². The molecular weight excluding hydrogens is 426 g/mol. The van der Waals surface area contributed by atoms with Gasteiger partial charge < -0.3 is 13.9 Å². The molecule has 4 aromatic carbocycles. The Kier molecular flexibility index (Phi) is 6.25. The van der Waals surface area contributed by atoms with Gasteiger partial charge in [0.15, 0.2) is 5.58 Å². The predicted octanol–water partition coefficient (Wildman–Crippen LogP) is 7.04. The first kappa shape index (κ1) is 21.7. The van der Waals surface area contributed by atoms with Gasteiger partial charge in [0.05, 0.1) is 13.2 Å². The first-order valence-electron chi connectivity index (χ1n) is 11.5. The second kappa shape index (κ2) is 9.79. The van der Waals surface area contributed by atoms with Gasteiger partial charge in [-0.1, -0.05) is 48.5 Å². The number of carbonyl (C=O) groups is 1. The first-order valence-corrected chi connectivity index (χ1v) is 11.5. The van der Waals surface area contributed by atoms with Crippen LogP contribution in [0.15, 0.2) is 89.3 Å². The van der Waals surface area contributed by atoms with E-state index < -0.39 is 0 Å². The number of aromatic nitrogens is 1. The molecule has 0 saturated carbocycles. The minimum absolute atomic E-state index is 0.191. The quantitative estimate of drug-likeness (QED) is 0.187. The van der Waals surface area contributed by atoms with Crippen LogP contribution in [0.5, 0.6) is 5.75 Å². The summed E-state index contributed by atoms with van der Waals surface area (Å²) < 4.78 is 16.9. The molecule has 5 rings (SSSR count). The van der Waals surface area contributed by atoms with Gasteiger partial charge in [0.2, 0.25) is 5.89 Å². The Labute approximate surface area is 198 Å². The number of hydrogen-bond acceptors (Lipinski definition) is 5. The number of benzene rings is 4. The van der Waals surface area contributed by atoms with Crippen LogP contribution >= 0.6 is 0 Å². The Morgan fingerprint density at radius 2 is 1.79 bits per heavy atom. The maximum absolute atomic E-state index is 11.5. The van der Waals surface area contributed by atoms with E-state index in [9.17, 15) is 4.79 Å². The minimum Gasteiger partial charge on any atom is -0.494 e. The van der Waals surface area contributed by atoms with Crippen molar-refractivity contribution in [2.24, 2.45) is 0 Å². The molecule has 5 nitrogen and oxygen atoms in total. The Morgan fingerprint density at radius 1 is 0.912 bits per heavy atom. The third-order valence-corrected chi connectivity index (χ3v) is 5.68.